The molecule has 0 saturated heterocycles. The third-order valence-electron chi connectivity index (χ3n) is 6.10. The Kier molecular flexibility index (Phi) is 2.87. The zero-order chi connectivity index (χ0) is 14.6. The third kappa shape index (κ3) is 1.78. The normalized spacial score (nSPS) is 37.7. The molecule has 0 heterocycles. The lowest BCUT2D eigenvalue weighted by atomic mass is 9.60. The molecular weight excluding hydrogens is 260 g/mol. The number of ketones is 1. The van der Waals surface area contributed by atoms with Gasteiger partial charge in [0.25, 0.3) is 0 Å². The molecule has 0 aromatic rings. The Morgan fingerprint density at radius 1 is 1.33 bits per heavy atom. The number of carbonyl (C=O) groups excluding carboxylic acids is 1. The van der Waals surface area contributed by atoms with E-state index in [4.69, 9.17) is 0 Å². The van der Waals surface area contributed by atoms with Gasteiger partial charge in [0.05, 0.1) is 0 Å². The molecule has 3 unspecified atom stereocenters. The van der Waals surface area contributed by atoms with E-state index in [0.29, 0.717) is 18.4 Å². The first-order chi connectivity index (χ1) is 10.1. The van der Waals surface area contributed by atoms with Gasteiger partial charge in [0.2, 0.25) is 0 Å². The topological polar surface area (TPSA) is 37.3 Å². The van der Waals surface area contributed by atoms with E-state index >= 15 is 0 Å². The molecule has 0 amide bonds. The fourth-order valence-corrected chi connectivity index (χ4v) is 4.89. The van der Waals surface area contributed by atoms with E-state index in [1.807, 2.05) is 6.08 Å². The number of fused-ring (bicyclic) bond motifs is 4. The van der Waals surface area contributed by atoms with Crippen LogP contribution in [0.2, 0.25) is 0 Å². The first kappa shape index (κ1) is 13.3. The van der Waals surface area contributed by atoms with E-state index in [1.54, 1.807) is 11.6 Å². The summed E-state index contributed by atoms with van der Waals surface area (Å²) in [6, 6.07) is 0. The Hall–Kier alpha value is -1.41. The van der Waals surface area contributed by atoms with Gasteiger partial charge >= 0.3 is 0 Å². The Labute approximate surface area is 125 Å². The molecule has 0 aromatic carbocycles. The Balaban J connectivity index is 1.79. The summed E-state index contributed by atoms with van der Waals surface area (Å²) in [5.74, 6) is 1.14. The molecule has 0 aromatic heterocycles. The second-order valence-corrected chi connectivity index (χ2v) is 7.05. The monoisotopic (exact) mass is 282 g/mol. The molecule has 1 N–H and O–H groups in total. The quantitative estimate of drug-likeness (QED) is 0.799. The largest absolute Gasteiger partial charge is 0.396 e. The molecule has 0 radical (unpaired) electrons. The van der Waals surface area contributed by atoms with E-state index in [-0.39, 0.29) is 11.2 Å². The molecule has 0 saturated carbocycles. The van der Waals surface area contributed by atoms with E-state index in [2.05, 4.69) is 19.1 Å². The highest BCUT2D eigenvalue weighted by atomic mass is 16.3. The van der Waals surface area contributed by atoms with Crippen LogP contribution in [0.15, 0.2) is 46.6 Å². The van der Waals surface area contributed by atoms with Crippen LogP contribution in [0.5, 0.6) is 0 Å². The highest BCUT2D eigenvalue weighted by Crippen LogP contribution is 2.56. The molecule has 4 aliphatic rings. The fourth-order valence-electron chi connectivity index (χ4n) is 4.89. The SMILES string of the molecule is CC12C=CC(=O)C=C1CCC1=C2CCC2C1=CCC2CO. The molecule has 0 fully saturated rings. The van der Waals surface area contributed by atoms with Gasteiger partial charge < -0.3 is 5.11 Å². The van der Waals surface area contributed by atoms with Gasteiger partial charge in [-0.25, -0.2) is 0 Å². The van der Waals surface area contributed by atoms with Gasteiger partial charge in [0.1, 0.15) is 0 Å². The lowest BCUT2D eigenvalue weighted by molar-refractivity contribution is -0.110. The van der Waals surface area contributed by atoms with Crippen LogP contribution in [0.25, 0.3) is 0 Å². The van der Waals surface area contributed by atoms with Crippen molar-refractivity contribution in [3.63, 3.8) is 0 Å². The highest BCUT2D eigenvalue weighted by Gasteiger charge is 2.44. The van der Waals surface area contributed by atoms with E-state index in [1.165, 1.54) is 16.7 Å². The third-order valence-corrected chi connectivity index (χ3v) is 6.10. The predicted molar refractivity (Wildman–Crippen MR) is 82.6 cm³/mol. The Morgan fingerprint density at radius 3 is 3.00 bits per heavy atom. The van der Waals surface area contributed by atoms with Crippen LogP contribution < -0.4 is 0 Å². The number of carbonyl (C=O) groups is 1. The van der Waals surface area contributed by atoms with Crippen LogP contribution in [-0.4, -0.2) is 17.5 Å². The number of hydrogen-bond acceptors (Lipinski definition) is 2. The maximum atomic E-state index is 11.7. The van der Waals surface area contributed by atoms with Gasteiger partial charge in [-0.05, 0) is 74.2 Å². The predicted octanol–water partition coefficient (Wildman–Crippen LogP) is 3.50. The van der Waals surface area contributed by atoms with E-state index < -0.39 is 0 Å². The molecular formula is C19H22O2. The summed E-state index contributed by atoms with van der Waals surface area (Å²) in [5, 5.41) is 9.56. The lowest BCUT2D eigenvalue weighted by Gasteiger charge is -2.44. The van der Waals surface area contributed by atoms with Crippen molar-refractivity contribution < 1.29 is 9.90 Å². The van der Waals surface area contributed by atoms with Gasteiger partial charge in [0.15, 0.2) is 5.78 Å². The summed E-state index contributed by atoms with van der Waals surface area (Å²) in [7, 11) is 0. The number of aliphatic hydroxyl groups is 1. The molecule has 21 heavy (non-hydrogen) atoms. The zero-order valence-corrected chi connectivity index (χ0v) is 12.6. The molecule has 0 bridgehead atoms. The molecule has 4 aliphatic carbocycles. The molecule has 3 atom stereocenters. The minimum Gasteiger partial charge on any atom is -0.396 e. The summed E-state index contributed by atoms with van der Waals surface area (Å²) in [6.45, 7) is 2.58. The zero-order valence-electron chi connectivity index (χ0n) is 12.6. The smallest absolute Gasteiger partial charge is 0.178 e. The van der Waals surface area contributed by atoms with Crippen LogP contribution in [0, 0.1) is 17.3 Å². The summed E-state index contributed by atoms with van der Waals surface area (Å²) in [6.07, 6.45) is 13.5. The van der Waals surface area contributed by atoms with Gasteiger partial charge in [-0.1, -0.05) is 23.3 Å². The summed E-state index contributed by atoms with van der Waals surface area (Å²) in [5.41, 5.74) is 5.85. The summed E-state index contributed by atoms with van der Waals surface area (Å²) in [4.78, 5) is 11.7. The van der Waals surface area contributed by atoms with Crippen LogP contribution >= 0.6 is 0 Å². The molecule has 110 valence electrons. The maximum absolute atomic E-state index is 11.7. The molecule has 0 aliphatic heterocycles. The first-order valence-corrected chi connectivity index (χ1v) is 8.11. The van der Waals surface area contributed by atoms with Gasteiger partial charge in [-0.15, -0.1) is 0 Å². The van der Waals surface area contributed by atoms with Crippen LogP contribution in [0.3, 0.4) is 0 Å². The maximum Gasteiger partial charge on any atom is 0.178 e. The van der Waals surface area contributed by atoms with Crippen molar-refractivity contribution in [3.8, 4) is 0 Å². The average Bonchev–Trinajstić information content (AvgIpc) is 2.91. The molecule has 4 rings (SSSR count). The van der Waals surface area contributed by atoms with Crippen molar-refractivity contribution in [2.75, 3.05) is 6.61 Å². The van der Waals surface area contributed by atoms with Crippen LogP contribution in [-0.2, 0) is 4.79 Å². The van der Waals surface area contributed by atoms with Gasteiger partial charge in [-0.2, -0.15) is 0 Å². The van der Waals surface area contributed by atoms with Gasteiger partial charge in [0, 0.05) is 12.0 Å². The van der Waals surface area contributed by atoms with Crippen LogP contribution in [0.1, 0.15) is 39.0 Å². The lowest BCUT2D eigenvalue weighted by Crippen LogP contribution is -2.32. The van der Waals surface area contributed by atoms with Crippen molar-refractivity contribution >= 4 is 5.78 Å². The number of hydrogen-bond donors (Lipinski definition) is 1. The van der Waals surface area contributed by atoms with E-state index in [0.717, 1.165) is 32.1 Å². The first-order valence-electron chi connectivity index (χ1n) is 8.11. The number of aliphatic hydroxyl groups excluding tert-OH is 1. The highest BCUT2D eigenvalue weighted by molar-refractivity contribution is 6.01. The average molecular weight is 282 g/mol. The minimum absolute atomic E-state index is 0.0371. The summed E-state index contributed by atoms with van der Waals surface area (Å²) >= 11 is 0. The molecule has 2 nitrogen and oxygen atoms in total. The number of allylic oxidation sites excluding steroid dienone is 8. The summed E-state index contributed by atoms with van der Waals surface area (Å²) < 4.78 is 0. The standard InChI is InChI=1S/C19H22O2/c1-19-9-8-14(21)10-13(19)3-5-17-16-4-2-12(11-20)15(16)6-7-18(17)19/h4,8-10,12,15,20H,2-3,5-7,11H2,1H3. The minimum atomic E-state index is -0.0371. The van der Waals surface area contributed by atoms with E-state index in [9.17, 15) is 9.90 Å². The second kappa shape index (κ2) is 4.54. The van der Waals surface area contributed by atoms with Crippen LogP contribution in [0.4, 0.5) is 0 Å². The van der Waals surface area contributed by atoms with Crippen molar-refractivity contribution in [1.29, 1.82) is 0 Å². The Bertz CT molecular complexity index is 632. The second-order valence-electron chi connectivity index (χ2n) is 7.05. The van der Waals surface area contributed by atoms with Crippen molar-refractivity contribution in [1.82, 2.24) is 0 Å². The number of rotatable bonds is 1. The van der Waals surface area contributed by atoms with Crippen molar-refractivity contribution in [3.05, 3.63) is 46.6 Å². The molecule has 2 heteroatoms. The fraction of sp³-hybridized carbons (Fsp3) is 0.526. The molecule has 0 spiro atoms. The van der Waals surface area contributed by atoms with Crippen molar-refractivity contribution in [2.24, 2.45) is 17.3 Å². The van der Waals surface area contributed by atoms with Crippen molar-refractivity contribution in [2.45, 2.75) is 39.0 Å². The van der Waals surface area contributed by atoms with Gasteiger partial charge in [-0.3, -0.25) is 4.79 Å². The Morgan fingerprint density at radius 2 is 2.19 bits per heavy atom.